The van der Waals surface area contributed by atoms with Crippen LogP contribution in [-0.2, 0) is 16.8 Å². The van der Waals surface area contributed by atoms with Crippen LogP contribution in [0.5, 0.6) is 0 Å². The summed E-state index contributed by atoms with van der Waals surface area (Å²) >= 11 is 3.36. The number of benzene rings is 2. The largest absolute Gasteiger partial charge is 0.338 e. The van der Waals surface area contributed by atoms with Crippen LogP contribution in [0.4, 0.5) is 4.39 Å². The van der Waals surface area contributed by atoms with Gasteiger partial charge in [-0.1, -0.05) is 46.3 Å². The van der Waals surface area contributed by atoms with Crippen LogP contribution < -0.4 is 0 Å². The molecule has 0 aliphatic heterocycles. The van der Waals surface area contributed by atoms with Crippen LogP contribution in [0.25, 0.3) is 0 Å². The van der Waals surface area contributed by atoms with Gasteiger partial charge in [-0.2, -0.15) is 0 Å². The summed E-state index contributed by atoms with van der Waals surface area (Å²) in [5, 5.41) is 0. The van der Waals surface area contributed by atoms with Gasteiger partial charge in [-0.15, -0.1) is 0 Å². The molecule has 3 rings (SSSR count). The molecular weight excluding hydrogens is 357 g/mol. The van der Waals surface area contributed by atoms with E-state index in [1.807, 2.05) is 37.3 Å². The molecule has 0 saturated heterocycles. The number of hydrogen-bond acceptors (Lipinski definition) is 1. The third-order valence-electron chi connectivity index (χ3n) is 4.52. The summed E-state index contributed by atoms with van der Waals surface area (Å²) < 4.78 is 14.8. The van der Waals surface area contributed by atoms with Crippen molar-refractivity contribution in [3.8, 4) is 0 Å². The van der Waals surface area contributed by atoms with E-state index in [4.69, 9.17) is 0 Å². The van der Waals surface area contributed by atoms with Crippen LogP contribution in [-0.4, -0.2) is 17.4 Å². The van der Waals surface area contributed by atoms with Gasteiger partial charge in [0, 0.05) is 23.1 Å². The van der Waals surface area contributed by atoms with Gasteiger partial charge in [-0.05, 0) is 43.5 Å². The van der Waals surface area contributed by atoms with Crippen LogP contribution >= 0.6 is 15.9 Å². The summed E-state index contributed by atoms with van der Waals surface area (Å²) in [6.07, 6.45) is 1.74. The molecule has 1 aliphatic carbocycles. The van der Waals surface area contributed by atoms with E-state index in [1.54, 1.807) is 17.0 Å². The summed E-state index contributed by atoms with van der Waals surface area (Å²) in [6, 6.07) is 14.8. The second kappa shape index (κ2) is 6.44. The molecule has 23 heavy (non-hydrogen) atoms. The van der Waals surface area contributed by atoms with Crippen LogP contribution in [0.2, 0.25) is 0 Å². The Morgan fingerprint density at radius 3 is 2.52 bits per heavy atom. The van der Waals surface area contributed by atoms with Crippen LogP contribution in [0.1, 0.15) is 30.9 Å². The zero-order valence-electron chi connectivity index (χ0n) is 13.1. The molecule has 120 valence electrons. The number of halogens is 2. The SMILES string of the molecule is CCN(Cc1cc(Br)ccc1F)C(=O)C1(c2ccccc2)CC1. The summed E-state index contributed by atoms with van der Waals surface area (Å²) in [4.78, 5) is 14.8. The van der Waals surface area contributed by atoms with Crippen molar-refractivity contribution in [2.24, 2.45) is 0 Å². The van der Waals surface area contributed by atoms with Crippen LogP contribution in [0.15, 0.2) is 53.0 Å². The monoisotopic (exact) mass is 375 g/mol. The number of likely N-dealkylation sites (N-methyl/N-ethyl adjacent to an activating group) is 1. The molecule has 1 aliphatic rings. The summed E-state index contributed by atoms with van der Waals surface area (Å²) in [5.74, 6) is -0.172. The van der Waals surface area contributed by atoms with Gasteiger partial charge in [-0.25, -0.2) is 4.39 Å². The van der Waals surface area contributed by atoms with Crippen molar-refractivity contribution in [1.29, 1.82) is 0 Å². The molecule has 2 aromatic carbocycles. The fourth-order valence-electron chi connectivity index (χ4n) is 3.01. The third kappa shape index (κ3) is 3.18. The van der Waals surface area contributed by atoms with E-state index in [2.05, 4.69) is 15.9 Å². The first kappa shape index (κ1) is 16.2. The second-order valence-corrected chi connectivity index (χ2v) is 6.92. The maximum absolute atomic E-state index is 14.0. The lowest BCUT2D eigenvalue weighted by Gasteiger charge is -2.27. The van der Waals surface area contributed by atoms with Gasteiger partial charge >= 0.3 is 0 Å². The average Bonchev–Trinajstić information content (AvgIpc) is 3.38. The van der Waals surface area contributed by atoms with Crippen molar-refractivity contribution in [3.63, 3.8) is 0 Å². The Morgan fingerprint density at radius 2 is 1.91 bits per heavy atom. The van der Waals surface area contributed by atoms with Crippen molar-refractivity contribution >= 4 is 21.8 Å². The van der Waals surface area contributed by atoms with Gasteiger partial charge in [-0.3, -0.25) is 4.79 Å². The lowest BCUT2D eigenvalue weighted by atomic mass is 9.94. The minimum absolute atomic E-state index is 0.102. The lowest BCUT2D eigenvalue weighted by molar-refractivity contribution is -0.134. The molecule has 0 heterocycles. The van der Waals surface area contributed by atoms with E-state index in [-0.39, 0.29) is 11.7 Å². The van der Waals surface area contributed by atoms with Gasteiger partial charge in [0.15, 0.2) is 0 Å². The molecular formula is C19H19BrFNO. The maximum atomic E-state index is 14.0. The molecule has 0 N–H and O–H groups in total. The molecule has 4 heteroatoms. The van der Waals surface area contributed by atoms with E-state index < -0.39 is 5.41 Å². The van der Waals surface area contributed by atoms with Crippen LogP contribution in [0, 0.1) is 5.82 Å². The minimum atomic E-state index is -0.403. The molecule has 0 spiro atoms. The smallest absolute Gasteiger partial charge is 0.233 e. The topological polar surface area (TPSA) is 20.3 Å². The maximum Gasteiger partial charge on any atom is 0.233 e. The average molecular weight is 376 g/mol. The van der Waals surface area contributed by atoms with Crippen molar-refractivity contribution in [2.75, 3.05) is 6.54 Å². The molecule has 0 aromatic heterocycles. The van der Waals surface area contributed by atoms with Gasteiger partial charge in [0.25, 0.3) is 0 Å². The standard InChI is InChI=1S/C19H19BrFNO/c1-2-22(13-14-12-16(20)8-9-17(14)21)18(23)19(10-11-19)15-6-4-3-5-7-15/h3-9,12H,2,10-11,13H2,1H3. The summed E-state index contributed by atoms with van der Waals surface area (Å²) in [6.45, 7) is 2.81. The normalized spacial score (nSPS) is 15.3. The fraction of sp³-hybridized carbons (Fsp3) is 0.316. The molecule has 2 aromatic rings. The second-order valence-electron chi connectivity index (χ2n) is 6.00. The van der Waals surface area contributed by atoms with Crippen LogP contribution in [0.3, 0.4) is 0 Å². The van der Waals surface area contributed by atoms with E-state index in [1.165, 1.54) is 6.07 Å². The zero-order valence-corrected chi connectivity index (χ0v) is 14.6. The third-order valence-corrected chi connectivity index (χ3v) is 5.02. The molecule has 0 unspecified atom stereocenters. The molecule has 0 atom stereocenters. The first-order valence-electron chi connectivity index (χ1n) is 7.85. The number of rotatable bonds is 5. The first-order valence-corrected chi connectivity index (χ1v) is 8.65. The lowest BCUT2D eigenvalue weighted by Crippen LogP contribution is -2.39. The van der Waals surface area contributed by atoms with Crippen molar-refractivity contribution in [3.05, 3.63) is 69.9 Å². The highest BCUT2D eigenvalue weighted by Crippen LogP contribution is 2.49. The van der Waals surface area contributed by atoms with Gasteiger partial charge in [0.2, 0.25) is 5.91 Å². The quantitative estimate of drug-likeness (QED) is 0.743. The van der Waals surface area contributed by atoms with E-state index in [0.29, 0.717) is 18.7 Å². The summed E-state index contributed by atoms with van der Waals surface area (Å²) in [5.41, 5.74) is 1.20. The van der Waals surface area contributed by atoms with Crippen molar-refractivity contribution in [2.45, 2.75) is 31.7 Å². The number of hydrogen-bond donors (Lipinski definition) is 0. The van der Waals surface area contributed by atoms with Gasteiger partial charge in [0.05, 0.1) is 5.41 Å². The Balaban J connectivity index is 1.84. The predicted molar refractivity (Wildman–Crippen MR) is 92.5 cm³/mol. The Hall–Kier alpha value is -1.68. The zero-order chi connectivity index (χ0) is 16.4. The van der Waals surface area contributed by atoms with E-state index in [0.717, 1.165) is 22.9 Å². The number of carbonyl (C=O) groups is 1. The van der Waals surface area contributed by atoms with Gasteiger partial charge < -0.3 is 4.90 Å². The van der Waals surface area contributed by atoms with Crippen molar-refractivity contribution in [1.82, 2.24) is 4.90 Å². The predicted octanol–water partition coefficient (Wildman–Crippen LogP) is 4.67. The molecule has 0 bridgehead atoms. The first-order chi connectivity index (χ1) is 11.1. The van der Waals surface area contributed by atoms with Gasteiger partial charge in [0.1, 0.15) is 5.82 Å². The molecule has 1 fully saturated rings. The van der Waals surface area contributed by atoms with Crippen molar-refractivity contribution < 1.29 is 9.18 Å². The Labute approximate surface area is 144 Å². The highest BCUT2D eigenvalue weighted by Gasteiger charge is 2.52. The highest BCUT2D eigenvalue weighted by atomic mass is 79.9. The van der Waals surface area contributed by atoms with E-state index in [9.17, 15) is 9.18 Å². The number of amides is 1. The Morgan fingerprint density at radius 1 is 1.22 bits per heavy atom. The molecule has 2 nitrogen and oxygen atoms in total. The summed E-state index contributed by atoms with van der Waals surface area (Å²) in [7, 11) is 0. The fourth-order valence-corrected chi connectivity index (χ4v) is 3.42. The molecule has 1 amide bonds. The minimum Gasteiger partial charge on any atom is -0.338 e. The Kier molecular flexibility index (Phi) is 4.53. The Bertz CT molecular complexity index is 713. The number of carbonyl (C=O) groups excluding carboxylic acids is 1. The van der Waals surface area contributed by atoms with E-state index >= 15 is 0 Å². The molecule has 1 saturated carbocycles. The highest BCUT2D eigenvalue weighted by molar-refractivity contribution is 9.10. The molecule has 0 radical (unpaired) electrons. The number of nitrogens with zero attached hydrogens (tertiary/aromatic N) is 1.